The maximum atomic E-state index is 15.3. The Kier molecular flexibility index (Phi) is 6.71. The van der Waals surface area contributed by atoms with Crippen molar-refractivity contribution in [3.05, 3.63) is 23.5 Å². The molecule has 2 heterocycles. The molecule has 31 heavy (non-hydrogen) atoms. The van der Waals surface area contributed by atoms with Crippen LogP contribution in [0, 0.1) is 5.82 Å². The molecule has 170 valence electrons. The van der Waals surface area contributed by atoms with Gasteiger partial charge in [0.15, 0.2) is 11.6 Å². The van der Waals surface area contributed by atoms with Crippen LogP contribution in [0.5, 0.6) is 5.75 Å². The van der Waals surface area contributed by atoms with Crippen molar-refractivity contribution in [1.82, 2.24) is 10.2 Å². The zero-order valence-electron chi connectivity index (χ0n) is 18.4. The summed E-state index contributed by atoms with van der Waals surface area (Å²) in [7, 11) is 1.38. The molecular formula is C22H30FN3O5. The highest BCUT2D eigenvalue weighted by molar-refractivity contribution is 6.01. The number of carbonyl (C=O) groups is 3. The van der Waals surface area contributed by atoms with Gasteiger partial charge in [0.25, 0.3) is 0 Å². The summed E-state index contributed by atoms with van der Waals surface area (Å²) >= 11 is 0. The van der Waals surface area contributed by atoms with Crippen molar-refractivity contribution in [1.29, 1.82) is 0 Å². The van der Waals surface area contributed by atoms with E-state index < -0.39 is 23.4 Å². The number of methoxy groups -OCH3 is 1. The fraction of sp³-hybridized carbons (Fsp3) is 0.591. The summed E-state index contributed by atoms with van der Waals surface area (Å²) in [6.07, 6.45) is 1.43. The Labute approximate surface area is 181 Å². The van der Waals surface area contributed by atoms with Crippen molar-refractivity contribution in [3.8, 4) is 5.75 Å². The van der Waals surface area contributed by atoms with Crippen LogP contribution in [-0.2, 0) is 14.3 Å². The lowest BCUT2D eigenvalue weighted by atomic mass is 9.88. The van der Waals surface area contributed by atoms with E-state index >= 15 is 4.39 Å². The van der Waals surface area contributed by atoms with Crippen LogP contribution in [0.15, 0.2) is 12.1 Å². The second kappa shape index (κ2) is 9.11. The van der Waals surface area contributed by atoms with Gasteiger partial charge in [-0.05, 0) is 57.6 Å². The second-order valence-electron chi connectivity index (χ2n) is 8.94. The lowest BCUT2D eigenvalue weighted by Crippen LogP contribution is -2.47. The molecule has 2 N–H and O–H groups in total. The SMILES string of the molecule is COc1c(NC2CCC(=O)NC2=O)ccc(C2CCN(C(=O)OC(C)(C)C)CC2)c1F. The Bertz CT molecular complexity index is 859. The minimum atomic E-state index is -0.631. The number of nitrogens with zero attached hydrogens (tertiary/aromatic N) is 1. The second-order valence-corrected chi connectivity index (χ2v) is 8.94. The molecule has 0 aliphatic carbocycles. The molecule has 2 aliphatic heterocycles. The normalized spacial score (nSPS) is 20.3. The number of ether oxygens (including phenoxy) is 2. The number of amides is 3. The number of anilines is 1. The Balaban J connectivity index is 1.69. The molecule has 2 fully saturated rings. The molecule has 1 atom stereocenters. The van der Waals surface area contributed by atoms with E-state index in [1.54, 1.807) is 17.0 Å². The van der Waals surface area contributed by atoms with E-state index in [0.29, 0.717) is 43.6 Å². The Morgan fingerprint density at radius 3 is 2.45 bits per heavy atom. The summed E-state index contributed by atoms with van der Waals surface area (Å²) in [5, 5.41) is 5.26. The Hall–Kier alpha value is -2.84. The van der Waals surface area contributed by atoms with Crippen molar-refractivity contribution in [2.75, 3.05) is 25.5 Å². The molecule has 8 nitrogen and oxygen atoms in total. The van der Waals surface area contributed by atoms with Gasteiger partial charge in [-0.1, -0.05) is 6.07 Å². The summed E-state index contributed by atoms with van der Waals surface area (Å²) in [5.41, 5.74) is 0.331. The molecule has 1 unspecified atom stereocenters. The first-order chi connectivity index (χ1) is 14.6. The van der Waals surface area contributed by atoms with E-state index in [9.17, 15) is 14.4 Å². The number of piperidine rings is 2. The zero-order chi connectivity index (χ0) is 22.8. The van der Waals surface area contributed by atoms with Gasteiger partial charge in [-0.15, -0.1) is 0 Å². The van der Waals surface area contributed by atoms with Crippen molar-refractivity contribution >= 4 is 23.6 Å². The summed E-state index contributed by atoms with van der Waals surface area (Å²) in [4.78, 5) is 37.2. The molecule has 2 saturated heterocycles. The highest BCUT2D eigenvalue weighted by Crippen LogP contribution is 2.38. The summed E-state index contributed by atoms with van der Waals surface area (Å²) < 4.78 is 26.0. The molecule has 0 aromatic heterocycles. The van der Waals surface area contributed by atoms with Crippen LogP contribution in [0.3, 0.4) is 0 Å². The first kappa shape index (κ1) is 22.8. The minimum absolute atomic E-state index is 0.0387. The number of benzene rings is 1. The average Bonchev–Trinajstić information content (AvgIpc) is 2.69. The van der Waals surface area contributed by atoms with E-state index in [1.807, 2.05) is 20.8 Å². The van der Waals surface area contributed by atoms with Crippen LogP contribution < -0.4 is 15.4 Å². The number of hydrogen-bond acceptors (Lipinski definition) is 6. The standard InChI is InChI=1S/C22H30FN3O5/c1-22(2,3)31-21(29)26-11-9-13(10-12-26)14-5-6-15(19(30-4)18(14)23)24-16-7-8-17(27)25-20(16)28/h5-6,13,16,24H,7-12H2,1-4H3,(H,25,27,28). The third-order valence-electron chi connectivity index (χ3n) is 5.49. The van der Waals surface area contributed by atoms with Gasteiger partial charge in [-0.25, -0.2) is 9.18 Å². The summed E-state index contributed by atoms with van der Waals surface area (Å²) in [6, 6.07) is 2.76. The van der Waals surface area contributed by atoms with Crippen LogP contribution in [0.25, 0.3) is 0 Å². The largest absolute Gasteiger partial charge is 0.492 e. The maximum Gasteiger partial charge on any atom is 0.410 e. The number of likely N-dealkylation sites (tertiary alicyclic amines) is 1. The van der Waals surface area contributed by atoms with Gasteiger partial charge < -0.3 is 19.7 Å². The Morgan fingerprint density at radius 1 is 1.19 bits per heavy atom. The van der Waals surface area contributed by atoms with E-state index in [-0.39, 0.29) is 30.1 Å². The predicted molar refractivity (Wildman–Crippen MR) is 113 cm³/mol. The minimum Gasteiger partial charge on any atom is -0.492 e. The number of halogens is 1. The van der Waals surface area contributed by atoms with E-state index in [2.05, 4.69) is 10.6 Å². The topological polar surface area (TPSA) is 97.0 Å². The van der Waals surface area contributed by atoms with E-state index in [1.165, 1.54) is 7.11 Å². The van der Waals surface area contributed by atoms with Crippen LogP contribution in [0.4, 0.5) is 14.9 Å². The number of rotatable bonds is 4. The van der Waals surface area contributed by atoms with Crippen LogP contribution in [-0.4, -0.2) is 54.6 Å². The van der Waals surface area contributed by atoms with E-state index in [4.69, 9.17) is 9.47 Å². The number of carbonyl (C=O) groups excluding carboxylic acids is 3. The lowest BCUT2D eigenvalue weighted by Gasteiger charge is -2.34. The van der Waals surface area contributed by atoms with E-state index in [0.717, 1.165) is 0 Å². The van der Waals surface area contributed by atoms with Crippen molar-refractivity contribution in [2.24, 2.45) is 0 Å². The maximum absolute atomic E-state index is 15.3. The molecule has 2 aliphatic rings. The fourth-order valence-electron chi connectivity index (χ4n) is 3.92. The van der Waals surface area contributed by atoms with Crippen LogP contribution in [0.2, 0.25) is 0 Å². The van der Waals surface area contributed by atoms with Crippen LogP contribution in [0.1, 0.15) is 57.9 Å². The highest BCUT2D eigenvalue weighted by Gasteiger charge is 2.31. The molecule has 3 amide bonds. The molecule has 1 aromatic rings. The first-order valence-corrected chi connectivity index (χ1v) is 10.5. The molecule has 0 bridgehead atoms. The highest BCUT2D eigenvalue weighted by atomic mass is 19.1. The van der Waals surface area contributed by atoms with Crippen molar-refractivity contribution in [2.45, 2.75) is 64.0 Å². The molecular weight excluding hydrogens is 405 g/mol. The lowest BCUT2D eigenvalue weighted by molar-refractivity contribution is -0.133. The molecule has 1 aromatic carbocycles. The molecule has 0 saturated carbocycles. The third kappa shape index (κ3) is 5.45. The first-order valence-electron chi connectivity index (χ1n) is 10.5. The van der Waals surface area contributed by atoms with Gasteiger partial charge in [0.05, 0.1) is 12.8 Å². The van der Waals surface area contributed by atoms with Gasteiger partial charge >= 0.3 is 6.09 Å². The smallest absolute Gasteiger partial charge is 0.410 e. The van der Waals surface area contributed by atoms with Gasteiger partial charge in [0, 0.05) is 19.5 Å². The molecule has 9 heteroatoms. The zero-order valence-corrected chi connectivity index (χ0v) is 18.4. The monoisotopic (exact) mass is 435 g/mol. The molecule has 0 radical (unpaired) electrons. The molecule has 3 rings (SSSR count). The number of imide groups is 1. The predicted octanol–water partition coefficient (Wildman–Crippen LogP) is 3.17. The number of hydrogen-bond donors (Lipinski definition) is 2. The van der Waals surface area contributed by atoms with Crippen LogP contribution >= 0.6 is 0 Å². The number of nitrogens with one attached hydrogen (secondary N) is 2. The summed E-state index contributed by atoms with van der Waals surface area (Å²) in [5.74, 6) is -1.24. The van der Waals surface area contributed by atoms with Gasteiger partial charge in [-0.3, -0.25) is 14.9 Å². The quantitative estimate of drug-likeness (QED) is 0.705. The van der Waals surface area contributed by atoms with Gasteiger partial charge in [0.2, 0.25) is 11.8 Å². The third-order valence-corrected chi connectivity index (χ3v) is 5.49. The fourth-order valence-corrected chi connectivity index (χ4v) is 3.92. The molecule has 0 spiro atoms. The average molecular weight is 435 g/mol. The van der Waals surface area contributed by atoms with Crippen molar-refractivity contribution in [3.63, 3.8) is 0 Å². The van der Waals surface area contributed by atoms with Crippen molar-refractivity contribution < 1.29 is 28.2 Å². The van der Waals surface area contributed by atoms with Gasteiger partial charge in [-0.2, -0.15) is 0 Å². The van der Waals surface area contributed by atoms with Gasteiger partial charge in [0.1, 0.15) is 11.6 Å². The summed E-state index contributed by atoms with van der Waals surface area (Å²) in [6.45, 7) is 6.44. The Morgan fingerprint density at radius 2 is 1.87 bits per heavy atom.